The van der Waals surface area contributed by atoms with Crippen molar-refractivity contribution >= 4 is 11.4 Å². The van der Waals surface area contributed by atoms with Crippen molar-refractivity contribution < 1.29 is 18.9 Å². The molecule has 0 saturated carbocycles. The van der Waals surface area contributed by atoms with Gasteiger partial charge >= 0.3 is 0 Å². The Balaban J connectivity index is 1.28. The Morgan fingerprint density at radius 1 is 0.564 bits per heavy atom. The highest BCUT2D eigenvalue weighted by Gasteiger charge is 2.34. The standard InChI is InChI=1S/C33H46N2O4/c1-32(2,3)28-12-22(7-9-30(28)34(14-24-18-36-24)15-25-19-37-25)11-23-8-10-31(29(13-23)33(4,5)6)35(16-26-20-38-26)17-27-21-39-27/h7-10,12-13,24-27H,11,14-21H2,1-6H3. The summed E-state index contributed by atoms with van der Waals surface area (Å²) in [5.74, 6) is 0. The van der Waals surface area contributed by atoms with Crippen molar-refractivity contribution in [3.63, 3.8) is 0 Å². The van der Waals surface area contributed by atoms with Gasteiger partial charge in [-0.3, -0.25) is 0 Å². The molecule has 0 bridgehead atoms. The number of hydrogen-bond donors (Lipinski definition) is 0. The van der Waals surface area contributed by atoms with Gasteiger partial charge in [0, 0.05) is 37.6 Å². The molecule has 4 saturated heterocycles. The van der Waals surface area contributed by atoms with Crippen LogP contribution in [-0.2, 0) is 36.2 Å². The SMILES string of the molecule is CC(C)(C)c1cc(Cc2ccc(N(CC3CO3)CC3CO3)c(C(C)(C)C)c2)ccc1N(CC1CO1)CC1CO1. The highest BCUT2D eigenvalue weighted by atomic mass is 16.6. The highest BCUT2D eigenvalue weighted by Crippen LogP contribution is 2.37. The molecule has 4 atom stereocenters. The first-order chi connectivity index (χ1) is 18.5. The Morgan fingerprint density at radius 3 is 1.13 bits per heavy atom. The van der Waals surface area contributed by atoms with E-state index in [-0.39, 0.29) is 10.8 Å². The molecule has 2 aromatic carbocycles. The van der Waals surface area contributed by atoms with Crippen molar-refractivity contribution in [2.45, 2.75) is 83.2 Å². The summed E-state index contributed by atoms with van der Waals surface area (Å²) in [6.07, 6.45) is 2.32. The summed E-state index contributed by atoms with van der Waals surface area (Å²) in [6.45, 7) is 21.2. The Kier molecular flexibility index (Phi) is 7.20. The van der Waals surface area contributed by atoms with Crippen LogP contribution in [0.15, 0.2) is 36.4 Å². The molecular weight excluding hydrogens is 488 g/mol. The lowest BCUT2D eigenvalue weighted by Crippen LogP contribution is -2.34. The minimum absolute atomic E-state index is 0.0368. The monoisotopic (exact) mass is 534 g/mol. The lowest BCUT2D eigenvalue weighted by molar-refractivity contribution is 0.388. The van der Waals surface area contributed by atoms with Gasteiger partial charge in [0.05, 0.1) is 50.8 Å². The number of rotatable bonds is 12. The van der Waals surface area contributed by atoms with Crippen LogP contribution in [0.3, 0.4) is 0 Å². The summed E-state index contributed by atoms with van der Waals surface area (Å²) in [5.41, 5.74) is 8.23. The molecule has 4 aliphatic heterocycles. The molecule has 6 nitrogen and oxygen atoms in total. The smallest absolute Gasteiger partial charge is 0.0984 e. The maximum atomic E-state index is 5.60. The van der Waals surface area contributed by atoms with E-state index in [1.54, 1.807) is 0 Å². The zero-order valence-corrected chi connectivity index (χ0v) is 24.7. The lowest BCUT2D eigenvalue weighted by Gasteiger charge is -2.32. The van der Waals surface area contributed by atoms with Gasteiger partial charge in [0.2, 0.25) is 0 Å². The van der Waals surface area contributed by atoms with Crippen LogP contribution in [0.1, 0.15) is 63.8 Å². The second kappa shape index (κ2) is 10.4. The first-order valence-corrected chi connectivity index (χ1v) is 14.8. The minimum Gasteiger partial charge on any atom is -0.371 e. The Labute approximate surface area is 234 Å². The molecule has 4 heterocycles. The highest BCUT2D eigenvalue weighted by molar-refractivity contribution is 5.61. The molecule has 4 unspecified atom stereocenters. The molecule has 0 aliphatic carbocycles. The van der Waals surface area contributed by atoms with Crippen molar-refractivity contribution in [3.05, 3.63) is 58.7 Å². The Hall–Kier alpha value is -2.12. The van der Waals surface area contributed by atoms with E-state index in [1.807, 2.05) is 0 Å². The third-order valence-electron chi connectivity index (χ3n) is 8.13. The first kappa shape index (κ1) is 27.1. The van der Waals surface area contributed by atoms with E-state index in [4.69, 9.17) is 18.9 Å². The minimum atomic E-state index is 0.0368. The van der Waals surface area contributed by atoms with Crippen LogP contribution in [-0.4, -0.2) is 77.0 Å². The summed E-state index contributed by atoms with van der Waals surface area (Å²) in [6, 6.07) is 14.2. The summed E-state index contributed by atoms with van der Waals surface area (Å²) in [5, 5.41) is 0. The van der Waals surface area contributed by atoms with E-state index in [9.17, 15) is 0 Å². The van der Waals surface area contributed by atoms with Gasteiger partial charge in [-0.25, -0.2) is 0 Å². The quantitative estimate of drug-likeness (QED) is 0.354. The van der Waals surface area contributed by atoms with E-state index in [1.165, 1.54) is 33.6 Å². The third kappa shape index (κ3) is 7.15. The van der Waals surface area contributed by atoms with Crippen molar-refractivity contribution in [2.24, 2.45) is 0 Å². The van der Waals surface area contributed by atoms with Crippen LogP contribution < -0.4 is 9.80 Å². The summed E-state index contributed by atoms with van der Waals surface area (Å²) >= 11 is 0. The van der Waals surface area contributed by atoms with E-state index < -0.39 is 0 Å². The zero-order chi connectivity index (χ0) is 27.4. The maximum Gasteiger partial charge on any atom is 0.0984 e. The van der Waals surface area contributed by atoms with Crippen molar-refractivity contribution in [3.8, 4) is 0 Å². The molecule has 2 aromatic rings. The predicted molar refractivity (Wildman–Crippen MR) is 156 cm³/mol. The fraction of sp³-hybridized carbons (Fsp3) is 0.636. The largest absolute Gasteiger partial charge is 0.371 e. The second-order valence-corrected chi connectivity index (χ2v) is 14.0. The molecular formula is C33H46N2O4. The third-order valence-corrected chi connectivity index (χ3v) is 8.13. The fourth-order valence-corrected chi connectivity index (χ4v) is 5.59. The van der Waals surface area contributed by atoms with E-state index in [2.05, 4.69) is 87.7 Å². The van der Waals surface area contributed by atoms with Gasteiger partial charge in [-0.2, -0.15) is 0 Å². The molecule has 0 aromatic heterocycles. The van der Waals surface area contributed by atoms with Crippen LogP contribution in [0.2, 0.25) is 0 Å². The molecule has 39 heavy (non-hydrogen) atoms. The molecule has 6 heteroatoms. The summed E-state index contributed by atoms with van der Waals surface area (Å²) < 4.78 is 22.4. The number of ether oxygens (including phenoxy) is 4. The average molecular weight is 535 g/mol. The Morgan fingerprint density at radius 2 is 0.872 bits per heavy atom. The predicted octanol–water partition coefficient (Wildman–Crippen LogP) is 5.08. The van der Waals surface area contributed by atoms with Crippen molar-refractivity contribution in [1.82, 2.24) is 0 Å². The van der Waals surface area contributed by atoms with Crippen LogP contribution in [0, 0.1) is 0 Å². The number of hydrogen-bond acceptors (Lipinski definition) is 6. The normalized spacial score (nSPS) is 25.4. The van der Waals surface area contributed by atoms with Gasteiger partial charge in [0.25, 0.3) is 0 Å². The van der Waals surface area contributed by atoms with E-state index >= 15 is 0 Å². The topological polar surface area (TPSA) is 56.6 Å². The molecule has 0 amide bonds. The number of benzene rings is 2. The fourth-order valence-electron chi connectivity index (χ4n) is 5.59. The Bertz CT molecular complexity index is 1050. The number of anilines is 2. The molecule has 0 radical (unpaired) electrons. The second-order valence-electron chi connectivity index (χ2n) is 14.0. The van der Waals surface area contributed by atoms with E-state index in [0.29, 0.717) is 24.4 Å². The maximum absolute atomic E-state index is 5.60. The van der Waals surface area contributed by atoms with Gasteiger partial charge < -0.3 is 28.7 Å². The number of epoxide rings is 4. The van der Waals surface area contributed by atoms with Gasteiger partial charge in [-0.1, -0.05) is 65.8 Å². The summed E-state index contributed by atoms with van der Waals surface area (Å²) in [7, 11) is 0. The molecule has 212 valence electrons. The van der Waals surface area contributed by atoms with Gasteiger partial charge in [0.1, 0.15) is 0 Å². The van der Waals surface area contributed by atoms with Crippen LogP contribution >= 0.6 is 0 Å². The molecule has 0 spiro atoms. The van der Waals surface area contributed by atoms with Crippen LogP contribution in [0.25, 0.3) is 0 Å². The molecule has 4 fully saturated rings. The summed E-state index contributed by atoms with van der Waals surface area (Å²) in [4.78, 5) is 4.99. The average Bonchev–Trinajstić information content (AvgIpc) is 3.67. The van der Waals surface area contributed by atoms with Crippen LogP contribution in [0.5, 0.6) is 0 Å². The molecule has 4 aliphatic rings. The first-order valence-electron chi connectivity index (χ1n) is 14.8. The lowest BCUT2D eigenvalue weighted by atomic mass is 9.82. The van der Waals surface area contributed by atoms with Crippen molar-refractivity contribution in [2.75, 3.05) is 62.4 Å². The van der Waals surface area contributed by atoms with Crippen LogP contribution in [0.4, 0.5) is 11.4 Å². The van der Waals surface area contributed by atoms with Gasteiger partial charge in [-0.15, -0.1) is 0 Å². The molecule has 6 rings (SSSR count). The number of nitrogens with zero attached hydrogens (tertiary/aromatic N) is 2. The van der Waals surface area contributed by atoms with E-state index in [0.717, 1.165) is 59.0 Å². The van der Waals surface area contributed by atoms with Gasteiger partial charge in [0.15, 0.2) is 0 Å². The van der Waals surface area contributed by atoms with Crippen molar-refractivity contribution in [1.29, 1.82) is 0 Å². The zero-order valence-electron chi connectivity index (χ0n) is 24.7. The molecule has 0 N–H and O–H groups in total. The van der Waals surface area contributed by atoms with Gasteiger partial charge in [-0.05, 0) is 51.6 Å².